The molecule has 5 heteroatoms. The van der Waals surface area contributed by atoms with Gasteiger partial charge in [-0.2, -0.15) is 0 Å². The summed E-state index contributed by atoms with van der Waals surface area (Å²) in [4.78, 5) is 26.0. The number of thioether (sulfide) groups is 1. The topological polar surface area (TPSA) is 52.6 Å². The molecule has 22 heavy (non-hydrogen) atoms. The van der Waals surface area contributed by atoms with Crippen LogP contribution in [-0.4, -0.2) is 29.9 Å². The second kappa shape index (κ2) is 7.34. The molecular weight excluding hydrogens is 300 g/mol. The van der Waals surface area contributed by atoms with Crippen LogP contribution >= 0.6 is 11.8 Å². The van der Waals surface area contributed by atoms with Gasteiger partial charge in [-0.05, 0) is 31.9 Å². The number of hydrogen-bond acceptors (Lipinski definition) is 5. The fraction of sp³-hybridized carbons (Fsp3) is 0.353. The van der Waals surface area contributed by atoms with Gasteiger partial charge in [0.05, 0.1) is 13.2 Å². The molecule has 1 aliphatic rings. The Hall–Kier alpha value is -1.97. The summed E-state index contributed by atoms with van der Waals surface area (Å²) in [5.41, 5.74) is 3.29. The lowest BCUT2D eigenvalue weighted by Gasteiger charge is -2.28. The van der Waals surface area contributed by atoms with E-state index < -0.39 is 16.7 Å². The minimum Gasteiger partial charge on any atom is -0.464 e. The third-order valence-electron chi connectivity index (χ3n) is 3.31. The molecule has 1 aromatic carbocycles. The van der Waals surface area contributed by atoms with Crippen molar-refractivity contribution in [3.8, 4) is 0 Å². The highest BCUT2D eigenvalue weighted by molar-refractivity contribution is 8.02. The average molecular weight is 318 g/mol. The maximum absolute atomic E-state index is 12.6. The number of carbonyl (C=O) groups excluding carboxylic acids is 2. The smallest absolute Gasteiger partial charge is 0.339 e. The summed E-state index contributed by atoms with van der Waals surface area (Å²) in [5.74, 6) is -1.23. The molecule has 1 saturated heterocycles. The number of hydrogen-bond donors (Lipinski definition) is 0. The van der Waals surface area contributed by atoms with Crippen molar-refractivity contribution in [3.63, 3.8) is 0 Å². The first-order valence-electron chi connectivity index (χ1n) is 7.13. The zero-order chi connectivity index (χ0) is 16.0. The zero-order valence-corrected chi connectivity index (χ0v) is 13.3. The van der Waals surface area contributed by atoms with Crippen molar-refractivity contribution in [2.45, 2.75) is 29.4 Å². The first kappa shape index (κ1) is 16.4. The van der Waals surface area contributed by atoms with Gasteiger partial charge in [0.1, 0.15) is 0 Å². The third-order valence-corrected chi connectivity index (χ3v) is 4.70. The Balaban J connectivity index is 2.53. The third kappa shape index (κ3) is 3.11. The number of ether oxygens (including phenoxy) is 2. The standard InChI is InChI=1S/C17H18O4S/c1-3-13-9-8-12-21-16(19)17(13,15(18)20-4-2)22-14-10-6-5-7-11-14/h5-7,10-11H,1,4,8-9,12H2,2H3. The van der Waals surface area contributed by atoms with Gasteiger partial charge in [0.15, 0.2) is 0 Å². The molecule has 0 aliphatic carbocycles. The molecule has 116 valence electrons. The summed E-state index contributed by atoms with van der Waals surface area (Å²) in [6.45, 7) is 5.82. The van der Waals surface area contributed by atoms with Crippen LogP contribution in [0.5, 0.6) is 0 Å². The Morgan fingerprint density at radius 3 is 2.82 bits per heavy atom. The van der Waals surface area contributed by atoms with Crippen LogP contribution in [0.25, 0.3) is 0 Å². The maximum Gasteiger partial charge on any atom is 0.339 e. The first-order valence-corrected chi connectivity index (χ1v) is 7.94. The lowest BCUT2D eigenvalue weighted by atomic mass is 9.95. The van der Waals surface area contributed by atoms with Crippen LogP contribution in [0, 0.1) is 0 Å². The van der Waals surface area contributed by atoms with Gasteiger partial charge >= 0.3 is 11.9 Å². The maximum atomic E-state index is 12.6. The van der Waals surface area contributed by atoms with Crippen molar-refractivity contribution < 1.29 is 19.1 Å². The van der Waals surface area contributed by atoms with E-state index in [1.54, 1.807) is 6.92 Å². The van der Waals surface area contributed by atoms with Gasteiger partial charge in [-0.15, -0.1) is 5.73 Å². The van der Waals surface area contributed by atoms with Crippen molar-refractivity contribution in [3.05, 3.63) is 48.2 Å². The number of carbonyl (C=O) groups is 2. The van der Waals surface area contributed by atoms with E-state index in [2.05, 4.69) is 12.3 Å². The van der Waals surface area contributed by atoms with Gasteiger partial charge < -0.3 is 9.47 Å². The average Bonchev–Trinajstić information content (AvgIpc) is 2.69. The molecule has 0 amide bonds. The van der Waals surface area contributed by atoms with E-state index >= 15 is 0 Å². The summed E-state index contributed by atoms with van der Waals surface area (Å²) < 4.78 is 8.85. The van der Waals surface area contributed by atoms with Crippen molar-refractivity contribution in [2.75, 3.05) is 13.2 Å². The molecule has 2 rings (SSSR count). The quantitative estimate of drug-likeness (QED) is 0.485. The van der Waals surface area contributed by atoms with Gasteiger partial charge in [0.2, 0.25) is 4.75 Å². The largest absolute Gasteiger partial charge is 0.464 e. The van der Waals surface area contributed by atoms with Crippen molar-refractivity contribution in [1.29, 1.82) is 0 Å². The van der Waals surface area contributed by atoms with Crippen molar-refractivity contribution >= 4 is 23.7 Å². The summed E-state index contributed by atoms with van der Waals surface area (Å²) in [7, 11) is 0. The van der Waals surface area contributed by atoms with Gasteiger partial charge in [0, 0.05) is 10.5 Å². The van der Waals surface area contributed by atoms with E-state index in [-0.39, 0.29) is 13.2 Å². The van der Waals surface area contributed by atoms with E-state index in [1.807, 2.05) is 30.3 Å². The monoisotopic (exact) mass is 318 g/mol. The lowest BCUT2D eigenvalue weighted by molar-refractivity contribution is -0.156. The Morgan fingerprint density at radius 2 is 2.18 bits per heavy atom. The van der Waals surface area contributed by atoms with Crippen molar-refractivity contribution in [1.82, 2.24) is 0 Å². The normalized spacial score (nSPS) is 21.5. The van der Waals surface area contributed by atoms with Crippen LogP contribution < -0.4 is 0 Å². The molecule has 0 aromatic heterocycles. The highest BCUT2D eigenvalue weighted by Gasteiger charge is 2.54. The minimum absolute atomic E-state index is 0.188. The molecule has 0 saturated carbocycles. The van der Waals surface area contributed by atoms with Crippen LogP contribution in [0.4, 0.5) is 0 Å². The number of benzene rings is 1. The van der Waals surface area contributed by atoms with E-state index in [0.29, 0.717) is 18.4 Å². The summed E-state index contributed by atoms with van der Waals surface area (Å²) in [5, 5.41) is 0. The van der Waals surface area contributed by atoms with Crippen LogP contribution in [-0.2, 0) is 19.1 Å². The van der Waals surface area contributed by atoms with Crippen molar-refractivity contribution in [2.24, 2.45) is 0 Å². The first-order chi connectivity index (χ1) is 10.6. The Morgan fingerprint density at radius 1 is 1.45 bits per heavy atom. The number of cyclic esters (lactones) is 1. The molecule has 1 aromatic rings. The summed E-state index contributed by atoms with van der Waals surface area (Å²) >= 11 is 1.13. The second-order valence-electron chi connectivity index (χ2n) is 4.71. The molecule has 0 spiro atoms. The Kier molecular flexibility index (Phi) is 5.47. The van der Waals surface area contributed by atoms with Crippen LogP contribution in [0.15, 0.2) is 53.1 Å². The highest BCUT2D eigenvalue weighted by Crippen LogP contribution is 2.43. The van der Waals surface area contributed by atoms with Crippen LogP contribution in [0.1, 0.15) is 19.8 Å². The second-order valence-corrected chi connectivity index (χ2v) is 6.00. The molecule has 0 N–H and O–H groups in total. The molecule has 1 fully saturated rings. The summed E-state index contributed by atoms with van der Waals surface area (Å²) in [6.07, 6.45) is 1.16. The van der Waals surface area contributed by atoms with Gasteiger partial charge in [-0.3, -0.25) is 0 Å². The molecule has 0 bridgehead atoms. The Bertz CT molecular complexity index is 604. The molecule has 1 unspecified atom stereocenters. The molecular formula is C17H18O4S. The minimum atomic E-state index is -1.56. The van der Waals surface area contributed by atoms with E-state index in [4.69, 9.17) is 9.47 Å². The van der Waals surface area contributed by atoms with Gasteiger partial charge in [0.25, 0.3) is 0 Å². The lowest BCUT2D eigenvalue weighted by Crippen LogP contribution is -2.46. The van der Waals surface area contributed by atoms with Gasteiger partial charge in [-0.1, -0.05) is 36.5 Å². The van der Waals surface area contributed by atoms with E-state index in [0.717, 1.165) is 16.7 Å². The molecule has 4 nitrogen and oxygen atoms in total. The van der Waals surface area contributed by atoms with Crippen LogP contribution in [0.3, 0.4) is 0 Å². The molecule has 0 radical (unpaired) electrons. The zero-order valence-electron chi connectivity index (χ0n) is 12.5. The van der Waals surface area contributed by atoms with E-state index in [9.17, 15) is 9.59 Å². The fourth-order valence-corrected chi connectivity index (χ4v) is 3.51. The summed E-state index contributed by atoms with van der Waals surface area (Å²) in [6, 6.07) is 9.24. The molecule has 1 aliphatic heterocycles. The predicted octanol–water partition coefficient (Wildman–Crippen LogP) is 3.13. The fourth-order valence-electron chi connectivity index (χ4n) is 2.28. The van der Waals surface area contributed by atoms with E-state index in [1.165, 1.54) is 0 Å². The number of rotatable bonds is 4. The highest BCUT2D eigenvalue weighted by atomic mass is 32.2. The SMILES string of the molecule is C=C=C1CCCOC(=O)C1(Sc1ccccc1)C(=O)OCC. The molecule has 1 heterocycles. The predicted molar refractivity (Wildman–Crippen MR) is 84.5 cm³/mol. The number of esters is 2. The van der Waals surface area contributed by atoms with Gasteiger partial charge in [-0.25, -0.2) is 9.59 Å². The molecule has 1 atom stereocenters. The van der Waals surface area contributed by atoms with Crippen LogP contribution in [0.2, 0.25) is 0 Å². The Labute approximate surface area is 134 Å².